The van der Waals surface area contributed by atoms with Crippen molar-refractivity contribution in [3.8, 4) is 11.4 Å². The number of piperidine rings is 1. The van der Waals surface area contributed by atoms with E-state index in [0.717, 1.165) is 0 Å². The minimum atomic E-state index is -0.557. The molecule has 0 saturated carbocycles. The number of carbonyl (C=O) groups excluding carboxylic acids is 2. The second-order valence-corrected chi connectivity index (χ2v) is 10.5. The molecule has 1 aliphatic heterocycles. The number of hydrogen-bond donors (Lipinski definition) is 1. The molecule has 4 rings (SSSR count). The van der Waals surface area contributed by atoms with E-state index in [1.54, 1.807) is 42.5 Å². The fourth-order valence-electron chi connectivity index (χ4n) is 4.63. The largest absolute Gasteiger partial charge is 0.444 e. The third-order valence-corrected chi connectivity index (χ3v) is 6.22. The van der Waals surface area contributed by atoms with E-state index >= 15 is 0 Å². The lowest BCUT2D eigenvalue weighted by Gasteiger charge is -2.38. The van der Waals surface area contributed by atoms with E-state index < -0.39 is 11.4 Å². The molecule has 2 atom stereocenters. The van der Waals surface area contributed by atoms with Gasteiger partial charge in [-0.15, -0.1) is 0 Å². The lowest BCUT2D eigenvalue weighted by atomic mass is 9.98. The predicted molar refractivity (Wildman–Crippen MR) is 133 cm³/mol. The van der Waals surface area contributed by atoms with Gasteiger partial charge in [0.05, 0.1) is 22.6 Å². The van der Waals surface area contributed by atoms with Crippen molar-refractivity contribution in [1.29, 1.82) is 0 Å². The number of aromatic nitrogens is 4. The van der Waals surface area contributed by atoms with Crippen LogP contribution in [0.15, 0.2) is 18.5 Å². The second-order valence-electron chi connectivity index (χ2n) is 10.5. The topological polar surface area (TPSA) is 102 Å². The van der Waals surface area contributed by atoms with Crippen LogP contribution in [0.2, 0.25) is 0 Å². The maximum atomic E-state index is 14.6. The van der Waals surface area contributed by atoms with Crippen molar-refractivity contribution in [3.63, 3.8) is 0 Å². The van der Waals surface area contributed by atoms with Gasteiger partial charge in [-0.05, 0) is 67.4 Å². The van der Waals surface area contributed by atoms with E-state index in [1.165, 1.54) is 6.07 Å². The van der Waals surface area contributed by atoms with Crippen LogP contribution in [0.1, 0.15) is 68.0 Å². The Morgan fingerprint density at radius 2 is 1.78 bits per heavy atom. The highest BCUT2D eigenvalue weighted by molar-refractivity contribution is 5.96. The molecule has 9 nitrogen and oxygen atoms in total. The van der Waals surface area contributed by atoms with E-state index in [-0.39, 0.29) is 29.7 Å². The molecule has 1 saturated heterocycles. The SMILES string of the molecule is Cc1cn2cc(-c3nc(C)c(C(=O)N[C@H]4CCN(C(=O)OC(C)(C)C)[C@@H](C)C4)c(C)n3)cc(F)c2n1. The number of aryl methyl sites for hydroxylation is 3. The summed E-state index contributed by atoms with van der Waals surface area (Å²) in [6, 6.07) is 1.19. The average molecular weight is 497 g/mol. The standard InChI is InChI=1S/C26H33FN6O3/c1-14-12-32-13-18(11-20(27)23(32)28-14)22-29-16(3)21(17(4)30-22)24(34)31-19-8-9-33(15(2)10-19)25(35)36-26(5,6)7/h11-13,15,19H,8-10H2,1-7H3,(H,31,34)/t15-,19-/m0/s1. The van der Waals surface area contributed by atoms with Crippen molar-refractivity contribution in [2.75, 3.05) is 6.54 Å². The van der Waals surface area contributed by atoms with Crippen LogP contribution in [0.25, 0.3) is 17.0 Å². The van der Waals surface area contributed by atoms with Crippen molar-refractivity contribution in [2.45, 2.75) is 79.0 Å². The molecule has 0 spiro atoms. The van der Waals surface area contributed by atoms with Crippen LogP contribution in [-0.2, 0) is 4.74 Å². The number of fused-ring (bicyclic) bond motifs is 1. The molecule has 1 aliphatic rings. The molecule has 3 aromatic heterocycles. The number of likely N-dealkylation sites (tertiary alicyclic amines) is 1. The highest BCUT2D eigenvalue weighted by atomic mass is 19.1. The summed E-state index contributed by atoms with van der Waals surface area (Å²) in [7, 11) is 0. The fourth-order valence-corrected chi connectivity index (χ4v) is 4.63. The number of amides is 2. The normalized spacial score (nSPS) is 18.4. The molecule has 0 aromatic carbocycles. The summed E-state index contributed by atoms with van der Waals surface area (Å²) in [4.78, 5) is 40.6. The maximum Gasteiger partial charge on any atom is 0.410 e. The summed E-state index contributed by atoms with van der Waals surface area (Å²) < 4.78 is 21.7. The lowest BCUT2D eigenvalue weighted by molar-refractivity contribution is 0.00960. The van der Waals surface area contributed by atoms with E-state index in [9.17, 15) is 14.0 Å². The average Bonchev–Trinajstić information content (AvgIpc) is 3.12. The van der Waals surface area contributed by atoms with Crippen LogP contribution in [0, 0.1) is 26.6 Å². The highest BCUT2D eigenvalue weighted by Crippen LogP contribution is 2.24. The van der Waals surface area contributed by atoms with Crippen LogP contribution < -0.4 is 5.32 Å². The molecule has 10 heteroatoms. The van der Waals surface area contributed by atoms with Crippen LogP contribution in [0.3, 0.4) is 0 Å². The van der Waals surface area contributed by atoms with Crippen LogP contribution >= 0.6 is 0 Å². The molecule has 1 fully saturated rings. The van der Waals surface area contributed by atoms with Crippen LogP contribution in [0.4, 0.5) is 9.18 Å². The monoisotopic (exact) mass is 496 g/mol. The number of imidazole rings is 1. The molecule has 0 unspecified atom stereocenters. The van der Waals surface area contributed by atoms with Gasteiger partial charge in [-0.3, -0.25) is 4.79 Å². The molecule has 36 heavy (non-hydrogen) atoms. The van der Waals surface area contributed by atoms with E-state index in [4.69, 9.17) is 4.74 Å². The van der Waals surface area contributed by atoms with Gasteiger partial charge in [-0.25, -0.2) is 24.1 Å². The smallest absolute Gasteiger partial charge is 0.410 e. The summed E-state index contributed by atoms with van der Waals surface area (Å²) in [6.45, 7) is 13.3. The number of hydrogen-bond acceptors (Lipinski definition) is 6. The van der Waals surface area contributed by atoms with Crippen LogP contribution in [0.5, 0.6) is 0 Å². The number of ether oxygens (including phenoxy) is 1. The first-order valence-corrected chi connectivity index (χ1v) is 12.1. The highest BCUT2D eigenvalue weighted by Gasteiger charge is 2.33. The third-order valence-electron chi connectivity index (χ3n) is 6.22. The Bertz CT molecular complexity index is 1310. The zero-order valence-corrected chi connectivity index (χ0v) is 21.8. The zero-order valence-electron chi connectivity index (χ0n) is 21.8. The fraction of sp³-hybridized carbons (Fsp3) is 0.500. The number of rotatable bonds is 3. The molecule has 192 valence electrons. The van der Waals surface area contributed by atoms with Gasteiger partial charge < -0.3 is 19.4 Å². The predicted octanol–water partition coefficient (Wildman–Crippen LogP) is 4.37. The molecule has 3 aromatic rings. The van der Waals surface area contributed by atoms with Crippen molar-refractivity contribution in [3.05, 3.63) is 46.9 Å². The second kappa shape index (κ2) is 9.48. The number of carbonyl (C=O) groups is 2. The van der Waals surface area contributed by atoms with Crippen molar-refractivity contribution >= 4 is 17.6 Å². The first-order valence-electron chi connectivity index (χ1n) is 12.1. The molecule has 2 amide bonds. The Morgan fingerprint density at radius 3 is 2.39 bits per heavy atom. The maximum absolute atomic E-state index is 14.6. The minimum absolute atomic E-state index is 0.0728. The molecule has 0 radical (unpaired) electrons. The Kier molecular flexibility index (Phi) is 6.72. The van der Waals surface area contributed by atoms with Gasteiger partial charge in [-0.1, -0.05) is 0 Å². The van der Waals surface area contributed by atoms with Crippen molar-refractivity contribution in [2.24, 2.45) is 0 Å². The molecule has 1 N–H and O–H groups in total. The van der Waals surface area contributed by atoms with Crippen molar-refractivity contribution < 1.29 is 18.7 Å². The first-order chi connectivity index (χ1) is 16.8. The summed E-state index contributed by atoms with van der Waals surface area (Å²) in [6.07, 6.45) is 4.36. The number of nitrogens with one attached hydrogen (secondary N) is 1. The quantitative estimate of drug-likeness (QED) is 0.578. The van der Waals surface area contributed by atoms with Crippen LogP contribution in [-0.4, -0.2) is 60.5 Å². The number of nitrogens with zero attached hydrogens (tertiary/aromatic N) is 5. The molecular weight excluding hydrogens is 463 g/mol. The van der Waals surface area contributed by atoms with Gasteiger partial charge in [0.1, 0.15) is 5.60 Å². The first kappa shape index (κ1) is 25.5. The van der Waals surface area contributed by atoms with Gasteiger partial charge in [0.25, 0.3) is 5.91 Å². The van der Waals surface area contributed by atoms with Gasteiger partial charge in [-0.2, -0.15) is 0 Å². The number of pyridine rings is 1. The minimum Gasteiger partial charge on any atom is -0.444 e. The number of halogens is 1. The van der Waals surface area contributed by atoms with E-state index in [1.807, 2.05) is 27.7 Å². The lowest BCUT2D eigenvalue weighted by Crippen LogP contribution is -2.52. The summed E-state index contributed by atoms with van der Waals surface area (Å²) in [5, 5.41) is 3.08. The Labute approximate surface area is 210 Å². The summed E-state index contributed by atoms with van der Waals surface area (Å²) >= 11 is 0. The summed E-state index contributed by atoms with van der Waals surface area (Å²) in [5.41, 5.74) is 2.32. The van der Waals surface area contributed by atoms with E-state index in [0.29, 0.717) is 53.4 Å². The summed E-state index contributed by atoms with van der Waals surface area (Å²) in [5.74, 6) is -0.382. The zero-order chi connectivity index (χ0) is 26.4. The van der Waals surface area contributed by atoms with Gasteiger partial charge in [0.2, 0.25) is 0 Å². The van der Waals surface area contributed by atoms with Crippen molar-refractivity contribution in [1.82, 2.24) is 29.6 Å². The molecule has 4 heterocycles. The Balaban J connectivity index is 1.48. The van der Waals surface area contributed by atoms with Gasteiger partial charge >= 0.3 is 6.09 Å². The third kappa shape index (κ3) is 5.32. The van der Waals surface area contributed by atoms with Gasteiger partial charge in [0.15, 0.2) is 17.3 Å². The molecule has 0 aliphatic carbocycles. The van der Waals surface area contributed by atoms with Gasteiger partial charge in [0, 0.05) is 36.6 Å². The molecule has 0 bridgehead atoms. The van der Waals surface area contributed by atoms with E-state index in [2.05, 4.69) is 20.3 Å². The Morgan fingerprint density at radius 1 is 1.11 bits per heavy atom. The Hall–Kier alpha value is -3.56. The molecular formula is C26H33FN6O3.